The maximum absolute atomic E-state index is 13.2. The quantitative estimate of drug-likeness (QED) is 0.705. The summed E-state index contributed by atoms with van der Waals surface area (Å²) in [4.78, 5) is 12.2. The molecule has 0 saturated heterocycles. The van der Waals surface area contributed by atoms with Gasteiger partial charge in [0.2, 0.25) is 0 Å². The molecule has 0 radical (unpaired) electrons. The van der Waals surface area contributed by atoms with Crippen LogP contribution in [-0.2, 0) is 0 Å². The van der Waals surface area contributed by atoms with E-state index in [1.54, 1.807) is 37.3 Å². The standard InChI is InChI=1S/C16H13FN2O2/c1-9-2-3-11(17)8-13(9)19-16(20)15-7-10-6-12(18)4-5-14(10)21-15/h2-8H,18H2,1H3,(H,19,20). The summed E-state index contributed by atoms with van der Waals surface area (Å²) >= 11 is 0. The molecule has 1 heterocycles. The normalized spacial score (nSPS) is 10.8. The zero-order chi connectivity index (χ0) is 15.0. The Kier molecular flexibility index (Phi) is 3.10. The number of hydrogen-bond donors (Lipinski definition) is 2. The Morgan fingerprint density at radius 3 is 2.81 bits per heavy atom. The Hall–Kier alpha value is -2.82. The van der Waals surface area contributed by atoms with Gasteiger partial charge in [-0.3, -0.25) is 4.79 Å². The summed E-state index contributed by atoms with van der Waals surface area (Å²) in [6, 6.07) is 10.9. The maximum Gasteiger partial charge on any atom is 0.291 e. The van der Waals surface area contributed by atoms with Crippen LogP contribution in [0.2, 0.25) is 0 Å². The van der Waals surface area contributed by atoms with Crippen LogP contribution >= 0.6 is 0 Å². The minimum atomic E-state index is -0.432. The van der Waals surface area contributed by atoms with E-state index < -0.39 is 11.7 Å². The number of amides is 1. The molecule has 0 bridgehead atoms. The van der Waals surface area contributed by atoms with E-state index in [-0.39, 0.29) is 5.76 Å². The van der Waals surface area contributed by atoms with Crippen LogP contribution in [0.15, 0.2) is 46.9 Å². The molecule has 0 fully saturated rings. The number of nitrogens with one attached hydrogen (secondary N) is 1. The number of nitrogen functional groups attached to an aromatic ring is 1. The van der Waals surface area contributed by atoms with Gasteiger partial charge in [0.1, 0.15) is 11.4 Å². The molecule has 3 aromatic rings. The summed E-state index contributed by atoms with van der Waals surface area (Å²) in [7, 11) is 0. The number of furan rings is 1. The Bertz CT molecular complexity index is 839. The Balaban J connectivity index is 1.91. The summed E-state index contributed by atoms with van der Waals surface area (Å²) < 4.78 is 18.7. The highest BCUT2D eigenvalue weighted by Gasteiger charge is 2.14. The third-order valence-electron chi connectivity index (χ3n) is 3.21. The number of carbonyl (C=O) groups excluding carboxylic acids is 1. The number of benzene rings is 2. The number of carbonyl (C=O) groups is 1. The summed E-state index contributed by atoms with van der Waals surface area (Å²) in [5.74, 6) is -0.689. The topological polar surface area (TPSA) is 68.3 Å². The highest BCUT2D eigenvalue weighted by Crippen LogP contribution is 2.23. The average Bonchev–Trinajstić information content (AvgIpc) is 2.86. The van der Waals surface area contributed by atoms with Gasteiger partial charge >= 0.3 is 0 Å². The van der Waals surface area contributed by atoms with Gasteiger partial charge in [0.25, 0.3) is 5.91 Å². The van der Waals surface area contributed by atoms with E-state index in [0.717, 1.165) is 10.9 Å². The van der Waals surface area contributed by atoms with Crippen LogP contribution < -0.4 is 11.1 Å². The smallest absolute Gasteiger partial charge is 0.291 e. The van der Waals surface area contributed by atoms with E-state index in [9.17, 15) is 9.18 Å². The zero-order valence-electron chi connectivity index (χ0n) is 11.3. The molecule has 0 aliphatic rings. The van der Waals surface area contributed by atoms with Crippen molar-refractivity contribution in [3.63, 3.8) is 0 Å². The van der Waals surface area contributed by atoms with Crippen LogP contribution in [-0.4, -0.2) is 5.91 Å². The maximum atomic E-state index is 13.2. The van der Waals surface area contributed by atoms with Gasteiger partial charge in [-0.25, -0.2) is 4.39 Å². The van der Waals surface area contributed by atoms with Crippen molar-refractivity contribution in [1.82, 2.24) is 0 Å². The number of aryl methyl sites for hydroxylation is 1. The van der Waals surface area contributed by atoms with Gasteiger partial charge in [-0.2, -0.15) is 0 Å². The predicted molar refractivity (Wildman–Crippen MR) is 79.7 cm³/mol. The summed E-state index contributed by atoms with van der Waals surface area (Å²) in [6.45, 7) is 1.79. The largest absolute Gasteiger partial charge is 0.451 e. The molecule has 0 spiro atoms. The first-order valence-electron chi connectivity index (χ1n) is 6.39. The molecular weight excluding hydrogens is 271 g/mol. The van der Waals surface area contributed by atoms with Crippen LogP contribution in [0.3, 0.4) is 0 Å². The molecule has 1 amide bonds. The molecule has 0 saturated carbocycles. The number of halogens is 1. The fourth-order valence-corrected chi connectivity index (χ4v) is 2.09. The van der Waals surface area contributed by atoms with Crippen molar-refractivity contribution < 1.29 is 13.6 Å². The van der Waals surface area contributed by atoms with Crippen LogP contribution in [0.4, 0.5) is 15.8 Å². The van der Waals surface area contributed by atoms with Gasteiger partial charge in [0.05, 0.1) is 0 Å². The zero-order valence-corrected chi connectivity index (χ0v) is 11.3. The molecule has 3 N–H and O–H groups in total. The highest BCUT2D eigenvalue weighted by atomic mass is 19.1. The van der Waals surface area contributed by atoms with E-state index in [1.807, 2.05) is 0 Å². The van der Waals surface area contributed by atoms with Crippen LogP contribution in [0.1, 0.15) is 16.1 Å². The highest BCUT2D eigenvalue weighted by molar-refractivity contribution is 6.05. The van der Waals surface area contributed by atoms with Gasteiger partial charge in [-0.15, -0.1) is 0 Å². The first kappa shape index (κ1) is 13.2. The summed E-state index contributed by atoms with van der Waals surface area (Å²) in [6.07, 6.45) is 0. The van der Waals surface area contributed by atoms with Gasteiger partial charge in [0.15, 0.2) is 5.76 Å². The average molecular weight is 284 g/mol. The van der Waals surface area contributed by atoms with E-state index in [0.29, 0.717) is 17.0 Å². The fourth-order valence-electron chi connectivity index (χ4n) is 2.09. The van der Waals surface area contributed by atoms with E-state index in [1.165, 1.54) is 12.1 Å². The number of rotatable bonds is 2. The lowest BCUT2D eigenvalue weighted by molar-refractivity contribution is 0.0998. The van der Waals surface area contributed by atoms with E-state index >= 15 is 0 Å². The van der Waals surface area contributed by atoms with Crippen LogP contribution in [0.5, 0.6) is 0 Å². The van der Waals surface area contributed by atoms with Gasteiger partial charge in [-0.05, 0) is 48.9 Å². The fraction of sp³-hybridized carbons (Fsp3) is 0.0625. The van der Waals surface area contributed by atoms with Crippen molar-refractivity contribution >= 4 is 28.3 Å². The molecule has 106 valence electrons. The molecule has 0 atom stereocenters. The SMILES string of the molecule is Cc1ccc(F)cc1NC(=O)c1cc2cc(N)ccc2o1. The number of hydrogen-bond acceptors (Lipinski definition) is 3. The first-order chi connectivity index (χ1) is 10.0. The van der Waals surface area contributed by atoms with Crippen molar-refractivity contribution in [2.75, 3.05) is 11.1 Å². The van der Waals surface area contributed by atoms with Crippen molar-refractivity contribution in [2.45, 2.75) is 6.92 Å². The van der Waals surface area contributed by atoms with Gasteiger partial charge in [-0.1, -0.05) is 6.07 Å². The van der Waals surface area contributed by atoms with Crippen molar-refractivity contribution in [1.29, 1.82) is 0 Å². The Morgan fingerprint density at radius 1 is 1.19 bits per heavy atom. The van der Waals surface area contributed by atoms with Gasteiger partial charge < -0.3 is 15.5 Å². The van der Waals surface area contributed by atoms with Crippen molar-refractivity contribution in [3.05, 3.63) is 59.6 Å². The lowest BCUT2D eigenvalue weighted by atomic mass is 10.2. The minimum absolute atomic E-state index is 0.152. The van der Waals surface area contributed by atoms with E-state index in [2.05, 4.69) is 5.32 Å². The number of fused-ring (bicyclic) bond motifs is 1. The van der Waals surface area contributed by atoms with Gasteiger partial charge in [0, 0.05) is 16.8 Å². The third kappa shape index (κ3) is 2.58. The predicted octanol–water partition coefficient (Wildman–Crippen LogP) is 3.71. The molecular formula is C16H13FN2O2. The molecule has 0 aliphatic carbocycles. The lowest BCUT2D eigenvalue weighted by Gasteiger charge is -2.06. The third-order valence-corrected chi connectivity index (χ3v) is 3.21. The van der Waals surface area contributed by atoms with Crippen LogP contribution in [0.25, 0.3) is 11.0 Å². The molecule has 21 heavy (non-hydrogen) atoms. The van der Waals surface area contributed by atoms with E-state index in [4.69, 9.17) is 10.2 Å². The number of nitrogens with two attached hydrogens (primary N) is 1. The molecule has 0 aliphatic heterocycles. The summed E-state index contributed by atoms with van der Waals surface area (Å²) in [5, 5.41) is 3.39. The first-order valence-corrected chi connectivity index (χ1v) is 6.39. The minimum Gasteiger partial charge on any atom is -0.451 e. The lowest BCUT2D eigenvalue weighted by Crippen LogP contribution is -2.11. The monoisotopic (exact) mass is 284 g/mol. The molecule has 3 rings (SSSR count). The van der Waals surface area contributed by atoms with Crippen LogP contribution in [0, 0.1) is 12.7 Å². The molecule has 2 aromatic carbocycles. The van der Waals surface area contributed by atoms with Crippen molar-refractivity contribution in [3.8, 4) is 0 Å². The summed E-state index contributed by atoms with van der Waals surface area (Å²) in [5.41, 5.74) is 8.04. The Labute approximate surface area is 120 Å². The van der Waals surface area contributed by atoms with Crippen molar-refractivity contribution in [2.24, 2.45) is 0 Å². The number of anilines is 2. The molecule has 4 nitrogen and oxygen atoms in total. The Morgan fingerprint density at radius 2 is 2.00 bits per heavy atom. The molecule has 1 aromatic heterocycles. The second-order valence-corrected chi connectivity index (χ2v) is 4.82. The second-order valence-electron chi connectivity index (χ2n) is 4.82. The molecule has 5 heteroatoms. The molecule has 0 unspecified atom stereocenters. The second kappa shape index (κ2) is 4.94.